The molecule has 1 N–H and O–H groups in total. The van der Waals surface area contributed by atoms with Crippen molar-refractivity contribution in [1.29, 1.82) is 0 Å². The molecule has 4 nitrogen and oxygen atoms in total. The SMILES string of the molecule is CCCNC1(C(=O)OC)CCN(C)CC1. The number of piperidine rings is 1. The summed E-state index contributed by atoms with van der Waals surface area (Å²) in [5.74, 6) is -0.107. The van der Waals surface area contributed by atoms with Crippen LogP contribution in [-0.4, -0.2) is 50.2 Å². The van der Waals surface area contributed by atoms with E-state index in [9.17, 15) is 4.79 Å². The fourth-order valence-electron chi connectivity index (χ4n) is 2.01. The first-order valence-electron chi connectivity index (χ1n) is 5.66. The highest BCUT2D eigenvalue weighted by atomic mass is 16.5. The molecule has 88 valence electrons. The molecule has 1 aliphatic rings. The highest BCUT2D eigenvalue weighted by Crippen LogP contribution is 2.23. The zero-order chi connectivity index (χ0) is 11.3. The Morgan fingerprint density at radius 3 is 2.53 bits per heavy atom. The normalized spacial score (nSPS) is 21.3. The van der Waals surface area contributed by atoms with Crippen molar-refractivity contribution in [2.45, 2.75) is 31.7 Å². The molecule has 1 aliphatic heterocycles. The number of hydrogen-bond acceptors (Lipinski definition) is 4. The fourth-order valence-corrected chi connectivity index (χ4v) is 2.01. The lowest BCUT2D eigenvalue weighted by molar-refractivity contribution is -0.150. The van der Waals surface area contributed by atoms with Crippen LogP contribution in [0.15, 0.2) is 0 Å². The summed E-state index contributed by atoms with van der Waals surface area (Å²) in [4.78, 5) is 14.0. The molecule has 1 heterocycles. The van der Waals surface area contributed by atoms with Gasteiger partial charge in [-0.2, -0.15) is 0 Å². The van der Waals surface area contributed by atoms with Crippen LogP contribution in [0.3, 0.4) is 0 Å². The van der Waals surface area contributed by atoms with E-state index in [4.69, 9.17) is 4.74 Å². The minimum absolute atomic E-state index is 0.107. The van der Waals surface area contributed by atoms with Crippen molar-refractivity contribution in [3.8, 4) is 0 Å². The van der Waals surface area contributed by atoms with E-state index >= 15 is 0 Å². The molecule has 0 bridgehead atoms. The third-order valence-electron chi connectivity index (χ3n) is 3.13. The Hall–Kier alpha value is -0.610. The van der Waals surface area contributed by atoms with Gasteiger partial charge in [0.05, 0.1) is 7.11 Å². The third kappa shape index (κ3) is 2.92. The van der Waals surface area contributed by atoms with Gasteiger partial charge in [0.25, 0.3) is 0 Å². The molecule has 4 heteroatoms. The minimum atomic E-state index is -0.433. The number of methoxy groups -OCH3 is 1. The molecule has 0 radical (unpaired) electrons. The summed E-state index contributed by atoms with van der Waals surface area (Å²) in [6.45, 7) is 4.88. The Morgan fingerprint density at radius 2 is 2.07 bits per heavy atom. The van der Waals surface area contributed by atoms with Gasteiger partial charge in [0.2, 0.25) is 0 Å². The van der Waals surface area contributed by atoms with E-state index in [2.05, 4.69) is 24.2 Å². The van der Waals surface area contributed by atoms with Crippen molar-refractivity contribution < 1.29 is 9.53 Å². The van der Waals surface area contributed by atoms with Gasteiger partial charge in [-0.05, 0) is 32.9 Å². The molecule has 1 fully saturated rings. The maximum atomic E-state index is 11.8. The lowest BCUT2D eigenvalue weighted by atomic mass is 9.87. The standard InChI is InChI=1S/C11H22N2O2/c1-4-7-12-11(10(14)15-3)5-8-13(2)9-6-11/h12H,4-9H2,1-3H3. The van der Waals surface area contributed by atoms with Gasteiger partial charge < -0.3 is 15.0 Å². The van der Waals surface area contributed by atoms with Crippen LogP contribution in [-0.2, 0) is 9.53 Å². The molecule has 0 aromatic heterocycles. The number of carbonyl (C=O) groups is 1. The Morgan fingerprint density at radius 1 is 1.47 bits per heavy atom. The number of ether oxygens (including phenoxy) is 1. The number of rotatable bonds is 4. The molecule has 1 saturated heterocycles. The number of nitrogens with zero attached hydrogens (tertiary/aromatic N) is 1. The Balaban J connectivity index is 2.64. The van der Waals surface area contributed by atoms with Crippen molar-refractivity contribution in [3.05, 3.63) is 0 Å². The average molecular weight is 214 g/mol. The van der Waals surface area contributed by atoms with E-state index in [1.54, 1.807) is 0 Å². The smallest absolute Gasteiger partial charge is 0.326 e. The highest BCUT2D eigenvalue weighted by Gasteiger charge is 2.41. The van der Waals surface area contributed by atoms with Crippen LogP contribution in [0, 0.1) is 0 Å². The average Bonchev–Trinajstić information content (AvgIpc) is 2.28. The summed E-state index contributed by atoms with van der Waals surface area (Å²) in [5, 5.41) is 3.35. The molecule has 0 atom stereocenters. The minimum Gasteiger partial charge on any atom is -0.468 e. The molecule has 0 unspecified atom stereocenters. The maximum absolute atomic E-state index is 11.8. The molecule has 15 heavy (non-hydrogen) atoms. The Bertz CT molecular complexity index is 205. The second-order valence-corrected chi connectivity index (χ2v) is 4.30. The molecular weight excluding hydrogens is 192 g/mol. The summed E-state index contributed by atoms with van der Waals surface area (Å²) in [6.07, 6.45) is 2.72. The Kier molecular flexibility index (Phi) is 4.54. The number of likely N-dealkylation sites (tertiary alicyclic amines) is 1. The first kappa shape index (κ1) is 12.5. The van der Waals surface area contributed by atoms with Gasteiger partial charge in [0, 0.05) is 13.1 Å². The van der Waals surface area contributed by atoms with Crippen LogP contribution in [0.2, 0.25) is 0 Å². The lowest BCUT2D eigenvalue weighted by Gasteiger charge is -2.38. The van der Waals surface area contributed by atoms with Crippen molar-refractivity contribution in [3.63, 3.8) is 0 Å². The quantitative estimate of drug-likeness (QED) is 0.697. The summed E-state index contributed by atoms with van der Waals surface area (Å²) in [6, 6.07) is 0. The van der Waals surface area contributed by atoms with Gasteiger partial charge in [0.15, 0.2) is 0 Å². The summed E-state index contributed by atoms with van der Waals surface area (Å²) in [7, 11) is 3.55. The lowest BCUT2D eigenvalue weighted by Crippen LogP contribution is -2.58. The molecule has 0 aromatic carbocycles. The van der Waals surface area contributed by atoms with Gasteiger partial charge in [-0.15, -0.1) is 0 Å². The van der Waals surface area contributed by atoms with Crippen molar-refractivity contribution in [2.75, 3.05) is 33.8 Å². The van der Waals surface area contributed by atoms with Crippen LogP contribution in [0.25, 0.3) is 0 Å². The highest BCUT2D eigenvalue weighted by molar-refractivity contribution is 5.81. The van der Waals surface area contributed by atoms with Crippen molar-refractivity contribution in [1.82, 2.24) is 10.2 Å². The molecule has 0 saturated carbocycles. The van der Waals surface area contributed by atoms with E-state index in [0.717, 1.165) is 38.9 Å². The van der Waals surface area contributed by atoms with Gasteiger partial charge in [-0.3, -0.25) is 4.79 Å². The van der Waals surface area contributed by atoms with E-state index in [0.29, 0.717) is 0 Å². The number of hydrogen-bond donors (Lipinski definition) is 1. The fraction of sp³-hybridized carbons (Fsp3) is 0.909. The zero-order valence-electron chi connectivity index (χ0n) is 10.0. The first-order valence-corrected chi connectivity index (χ1v) is 5.66. The molecule has 0 spiro atoms. The Labute approximate surface area is 92.0 Å². The van der Waals surface area contributed by atoms with E-state index in [-0.39, 0.29) is 5.97 Å². The van der Waals surface area contributed by atoms with Crippen LogP contribution in [0.5, 0.6) is 0 Å². The predicted molar refractivity (Wildman–Crippen MR) is 59.8 cm³/mol. The van der Waals surface area contributed by atoms with Gasteiger partial charge in [0.1, 0.15) is 5.54 Å². The monoisotopic (exact) mass is 214 g/mol. The van der Waals surface area contributed by atoms with Crippen LogP contribution in [0.1, 0.15) is 26.2 Å². The largest absolute Gasteiger partial charge is 0.468 e. The second kappa shape index (κ2) is 5.47. The molecule has 0 aromatic rings. The van der Waals surface area contributed by atoms with Gasteiger partial charge >= 0.3 is 5.97 Å². The van der Waals surface area contributed by atoms with E-state index in [1.165, 1.54) is 7.11 Å². The van der Waals surface area contributed by atoms with Gasteiger partial charge in [-0.25, -0.2) is 0 Å². The van der Waals surface area contributed by atoms with Crippen molar-refractivity contribution in [2.24, 2.45) is 0 Å². The van der Waals surface area contributed by atoms with Crippen LogP contribution in [0.4, 0.5) is 0 Å². The maximum Gasteiger partial charge on any atom is 0.326 e. The van der Waals surface area contributed by atoms with Crippen LogP contribution < -0.4 is 5.32 Å². The number of carbonyl (C=O) groups excluding carboxylic acids is 1. The van der Waals surface area contributed by atoms with E-state index < -0.39 is 5.54 Å². The third-order valence-corrected chi connectivity index (χ3v) is 3.13. The zero-order valence-corrected chi connectivity index (χ0v) is 10.0. The van der Waals surface area contributed by atoms with E-state index in [1.807, 2.05) is 0 Å². The topological polar surface area (TPSA) is 41.6 Å². The predicted octanol–water partition coefficient (Wildman–Crippen LogP) is 0.623. The second-order valence-electron chi connectivity index (χ2n) is 4.30. The molecule has 0 amide bonds. The molecular formula is C11H22N2O2. The molecule has 1 rings (SSSR count). The number of nitrogens with one attached hydrogen (secondary N) is 1. The van der Waals surface area contributed by atoms with Gasteiger partial charge in [-0.1, -0.05) is 6.92 Å². The number of esters is 1. The molecule has 0 aliphatic carbocycles. The first-order chi connectivity index (χ1) is 7.14. The van der Waals surface area contributed by atoms with Crippen molar-refractivity contribution >= 4 is 5.97 Å². The van der Waals surface area contributed by atoms with Crippen LogP contribution >= 0.6 is 0 Å². The summed E-state index contributed by atoms with van der Waals surface area (Å²) >= 11 is 0. The summed E-state index contributed by atoms with van der Waals surface area (Å²) < 4.78 is 4.91. The summed E-state index contributed by atoms with van der Waals surface area (Å²) in [5.41, 5.74) is -0.433.